The van der Waals surface area contributed by atoms with Crippen molar-refractivity contribution in [3.05, 3.63) is 302 Å². The standard InChI is InChI=1S/C79H54N4/c1-79(2)70-49-57(39-43-61(70)62-44-40-58(50-71(62)79)83-74-31-17-11-25-64(74)65-26-12-18-32-75(65)83)80(56-37-33-51(34-38-56)52-35-41-68-66-27-13-15-29-72(66)81(77(68)47-52)54-19-5-3-6-20-54)76-46-45-59(60-23-9-10-24-63(60)76)53-36-42-69-67-28-14-16-30-73(67)82(78(69)48-53)55-21-7-4-8-22-55/h3-50H,1-2H3. The van der Waals surface area contributed by atoms with E-state index in [0.29, 0.717) is 0 Å². The molecule has 0 spiro atoms. The minimum Gasteiger partial charge on any atom is -0.310 e. The zero-order valence-corrected chi connectivity index (χ0v) is 46.0. The highest BCUT2D eigenvalue weighted by Crippen LogP contribution is 2.53. The van der Waals surface area contributed by atoms with Crippen molar-refractivity contribution in [2.24, 2.45) is 0 Å². The van der Waals surface area contributed by atoms with Gasteiger partial charge >= 0.3 is 0 Å². The number of aromatic nitrogens is 3. The van der Waals surface area contributed by atoms with Gasteiger partial charge in [0.25, 0.3) is 0 Å². The lowest BCUT2D eigenvalue weighted by Crippen LogP contribution is -2.17. The average molecular weight is 1060 g/mol. The van der Waals surface area contributed by atoms with Gasteiger partial charge in [0.05, 0.1) is 38.8 Å². The third-order valence-corrected chi connectivity index (χ3v) is 18.0. The first-order valence-corrected chi connectivity index (χ1v) is 28.8. The molecule has 0 fully saturated rings. The second-order valence-corrected chi connectivity index (χ2v) is 22.9. The third kappa shape index (κ3) is 7.12. The zero-order valence-electron chi connectivity index (χ0n) is 46.0. The lowest BCUT2D eigenvalue weighted by molar-refractivity contribution is 0.660. The van der Waals surface area contributed by atoms with Crippen LogP contribution in [0.3, 0.4) is 0 Å². The number of benzene rings is 13. The number of hydrogen-bond acceptors (Lipinski definition) is 1. The minimum atomic E-state index is -0.293. The van der Waals surface area contributed by atoms with Crippen molar-refractivity contribution in [1.29, 1.82) is 0 Å². The van der Waals surface area contributed by atoms with E-state index in [1.165, 1.54) is 121 Å². The number of anilines is 3. The molecule has 0 aliphatic heterocycles. The largest absolute Gasteiger partial charge is 0.310 e. The van der Waals surface area contributed by atoms with Crippen molar-refractivity contribution < 1.29 is 0 Å². The molecule has 0 unspecified atom stereocenters. The number of hydrogen-bond donors (Lipinski definition) is 0. The summed E-state index contributed by atoms with van der Waals surface area (Å²) >= 11 is 0. The number of rotatable bonds is 8. The maximum atomic E-state index is 2.49. The maximum absolute atomic E-state index is 2.49. The number of nitrogens with zero attached hydrogens (tertiary/aromatic N) is 4. The van der Waals surface area contributed by atoms with Crippen LogP contribution in [-0.4, -0.2) is 13.7 Å². The van der Waals surface area contributed by atoms with E-state index in [0.717, 1.165) is 34.0 Å². The molecule has 3 heterocycles. The Morgan fingerprint density at radius 2 is 0.651 bits per heavy atom. The summed E-state index contributed by atoms with van der Waals surface area (Å²) in [5.74, 6) is 0. The Balaban J connectivity index is 0.822. The van der Waals surface area contributed by atoms with E-state index >= 15 is 0 Å². The first-order valence-electron chi connectivity index (χ1n) is 28.8. The molecule has 0 radical (unpaired) electrons. The molecule has 13 aromatic carbocycles. The van der Waals surface area contributed by atoms with Gasteiger partial charge in [0.2, 0.25) is 0 Å². The second-order valence-electron chi connectivity index (χ2n) is 22.9. The van der Waals surface area contributed by atoms with Crippen LogP contribution in [0.2, 0.25) is 0 Å². The van der Waals surface area contributed by atoms with Crippen LogP contribution in [0.1, 0.15) is 25.0 Å². The molecule has 1 aliphatic rings. The fourth-order valence-electron chi connectivity index (χ4n) is 14.2. The van der Waals surface area contributed by atoms with Crippen LogP contribution in [0, 0.1) is 0 Å². The molecule has 17 rings (SSSR count). The molecular formula is C79H54N4. The Hall–Kier alpha value is -10.7. The highest BCUT2D eigenvalue weighted by Gasteiger charge is 2.37. The first kappa shape index (κ1) is 47.2. The van der Waals surface area contributed by atoms with Crippen molar-refractivity contribution >= 4 is 93.3 Å². The molecule has 0 bridgehead atoms. The molecule has 4 nitrogen and oxygen atoms in total. The molecule has 83 heavy (non-hydrogen) atoms. The molecule has 0 saturated carbocycles. The van der Waals surface area contributed by atoms with Gasteiger partial charge in [-0.05, 0) is 153 Å². The van der Waals surface area contributed by atoms with E-state index in [9.17, 15) is 0 Å². The van der Waals surface area contributed by atoms with Crippen LogP contribution in [0.25, 0.3) is 127 Å². The lowest BCUT2D eigenvalue weighted by Gasteiger charge is -2.29. The quantitative estimate of drug-likeness (QED) is 0.148. The van der Waals surface area contributed by atoms with Crippen molar-refractivity contribution in [2.45, 2.75) is 19.3 Å². The van der Waals surface area contributed by atoms with Crippen LogP contribution in [-0.2, 0) is 5.41 Å². The predicted molar refractivity (Wildman–Crippen MR) is 350 cm³/mol. The van der Waals surface area contributed by atoms with Gasteiger partial charge in [-0.2, -0.15) is 0 Å². The van der Waals surface area contributed by atoms with Crippen molar-refractivity contribution in [2.75, 3.05) is 4.90 Å². The predicted octanol–water partition coefficient (Wildman–Crippen LogP) is 21.2. The van der Waals surface area contributed by atoms with Gasteiger partial charge < -0.3 is 18.6 Å². The van der Waals surface area contributed by atoms with Gasteiger partial charge in [-0.15, -0.1) is 0 Å². The van der Waals surface area contributed by atoms with Gasteiger partial charge in [-0.3, -0.25) is 0 Å². The van der Waals surface area contributed by atoms with Gasteiger partial charge in [0.1, 0.15) is 0 Å². The van der Waals surface area contributed by atoms with Gasteiger partial charge in [0, 0.05) is 71.6 Å². The van der Waals surface area contributed by atoms with Crippen LogP contribution in [0.15, 0.2) is 291 Å². The van der Waals surface area contributed by atoms with E-state index in [1.54, 1.807) is 0 Å². The number of para-hydroxylation sites is 6. The van der Waals surface area contributed by atoms with Gasteiger partial charge in [-0.25, -0.2) is 0 Å². The highest BCUT2D eigenvalue weighted by atomic mass is 15.1. The third-order valence-electron chi connectivity index (χ3n) is 18.0. The van der Waals surface area contributed by atoms with Crippen molar-refractivity contribution in [3.63, 3.8) is 0 Å². The Morgan fingerprint density at radius 3 is 1.20 bits per heavy atom. The van der Waals surface area contributed by atoms with Crippen LogP contribution in [0.5, 0.6) is 0 Å². The molecule has 1 aliphatic carbocycles. The maximum Gasteiger partial charge on any atom is 0.0547 e. The summed E-state index contributed by atoms with van der Waals surface area (Å²) in [6.45, 7) is 4.81. The Bertz CT molecular complexity index is 5230. The summed E-state index contributed by atoms with van der Waals surface area (Å²) in [6, 6.07) is 108. The molecule has 0 amide bonds. The molecule has 0 N–H and O–H groups in total. The van der Waals surface area contributed by atoms with Gasteiger partial charge in [0.15, 0.2) is 0 Å². The molecule has 0 atom stereocenters. The van der Waals surface area contributed by atoms with E-state index < -0.39 is 0 Å². The fraction of sp³-hybridized carbons (Fsp3) is 0.0380. The molecule has 3 aromatic heterocycles. The molecule has 4 heteroatoms. The van der Waals surface area contributed by atoms with Crippen molar-refractivity contribution in [1.82, 2.24) is 13.7 Å². The van der Waals surface area contributed by atoms with E-state index in [-0.39, 0.29) is 5.41 Å². The summed E-state index contributed by atoms with van der Waals surface area (Å²) in [5, 5.41) is 9.90. The van der Waals surface area contributed by atoms with E-state index in [1.807, 2.05) is 0 Å². The smallest absolute Gasteiger partial charge is 0.0547 e. The molecule has 390 valence electrons. The summed E-state index contributed by atoms with van der Waals surface area (Å²) in [6.07, 6.45) is 0. The minimum absolute atomic E-state index is 0.293. The fourth-order valence-corrected chi connectivity index (χ4v) is 14.2. The Labute approximate surface area is 481 Å². The normalized spacial score (nSPS) is 12.8. The second kappa shape index (κ2) is 18.2. The van der Waals surface area contributed by atoms with Crippen LogP contribution >= 0.6 is 0 Å². The van der Waals surface area contributed by atoms with Crippen LogP contribution in [0.4, 0.5) is 17.1 Å². The Kier molecular flexibility index (Phi) is 10.3. The van der Waals surface area contributed by atoms with E-state index in [4.69, 9.17) is 0 Å². The Morgan fingerprint density at radius 1 is 0.253 bits per heavy atom. The first-order chi connectivity index (χ1) is 40.9. The summed E-state index contributed by atoms with van der Waals surface area (Å²) in [5.41, 5.74) is 23.7. The summed E-state index contributed by atoms with van der Waals surface area (Å²) in [7, 11) is 0. The summed E-state index contributed by atoms with van der Waals surface area (Å²) < 4.78 is 7.26. The van der Waals surface area contributed by atoms with Gasteiger partial charge in [-0.1, -0.05) is 202 Å². The SMILES string of the molecule is CC1(C)c2cc(N(c3ccc(-c4ccc5c6ccccc6n(-c6ccccc6)c5c4)cc3)c3ccc(-c4ccc5c6ccccc6n(-c6ccccc6)c5c4)c4ccccc34)ccc2-c2ccc(-n3c4ccccc4c4ccccc43)cc21. The van der Waals surface area contributed by atoms with E-state index in [2.05, 4.69) is 324 Å². The zero-order chi connectivity index (χ0) is 54.9. The summed E-state index contributed by atoms with van der Waals surface area (Å²) in [4.78, 5) is 2.49. The monoisotopic (exact) mass is 1060 g/mol. The lowest BCUT2D eigenvalue weighted by atomic mass is 9.82. The molecular weight excluding hydrogens is 1000 g/mol. The topological polar surface area (TPSA) is 18.0 Å². The number of fused-ring (bicyclic) bond motifs is 13. The van der Waals surface area contributed by atoms with Crippen LogP contribution < -0.4 is 4.90 Å². The van der Waals surface area contributed by atoms with Crippen molar-refractivity contribution in [3.8, 4) is 50.4 Å². The molecule has 16 aromatic rings. The average Bonchev–Trinajstić information content (AvgIpc) is 2.99. The molecule has 0 saturated heterocycles. The highest BCUT2D eigenvalue weighted by molar-refractivity contribution is 6.14.